The number of carbonyl (C=O) groups excluding carboxylic acids is 2. The van der Waals surface area contributed by atoms with E-state index in [1.165, 1.54) is 12.1 Å². The topological polar surface area (TPSA) is 108 Å². The summed E-state index contributed by atoms with van der Waals surface area (Å²) in [4.78, 5) is 24.3. The number of benzene rings is 2. The van der Waals surface area contributed by atoms with Crippen LogP contribution >= 0.6 is 0 Å². The first-order valence-corrected chi connectivity index (χ1v) is 11.6. The number of hydrogen-bond donors (Lipinski definition) is 1. The summed E-state index contributed by atoms with van der Waals surface area (Å²) in [5, 5.41) is 2.67. The molecule has 0 aliphatic rings. The Balaban J connectivity index is 2.02. The van der Waals surface area contributed by atoms with E-state index in [4.69, 9.17) is 13.7 Å². The van der Waals surface area contributed by atoms with Crippen molar-refractivity contribution in [1.29, 1.82) is 0 Å². The van der Waals surface area contributed by atoms with Crippen molar-refractivity contribution in [2.75, 3.05) is 12.8 Å². The highest BCUT2D eigenvalue weighted by Gasteiger charge is 2.20. The third-order valence-electron chi connectivity index (χ3n) is 4.08. The number of alkyl carbamates (subject to hydrolysis) is 1. The number of carbonyl (C=O) groups is 2. The normalized spacial score (nSPS) is 12.1. The average molecular weight is 450 g/mol. The zero-order valence-corrected chi connectivity index (χ0v) is 18.6. The third-order valence-corrected chi connectivity index (χ3v) is 4.58. The van der Waals surface area contributed by atoms with E-state index < -0.39 is 28.1 Å². The minimum Gasteiger partial charge on any atom is -0.463 e. The van der Waals surface area contributed by atoms with E-state index >= 15 is 0 Å². The Hall–Kier alpha value is -3.07. The molecule has 2 aromatic rings. The highest BCUT2D eigenvalue weighted by atomic mass is 32.2. The van der Waals surface area contributed by atoms with E-state index in [1.807, 2.05) is 30.3 Å². The molecule has 168 valence electrons. The van der Waals surface area contributed by atoms with Gasteiger partial charge in [0.15, 0.2) is 0 Å². The number of ether oxygens (including phenoxy) is 2. The number of rotatable bonds is 10. The van der Waals surface area contributed by atoms with E-state index in [9.17, 15) is 18.0 Å². The van der Waals surface area contributed by atoms with Gasteiger partial charge in [0.25, 0.3) is 0 Å². The first kappa shape index (κ1) is 24.2. The zero-order valence-electron chi connectivity index (χ0n) is 17.7. The van der Waals surface area contributed by atoms with Gasteiger partial charge < -0.3 is 19.0 Å². The predicted molar refractivity (Wildman–Crippen MR) is 115 cm³/mol. The van der Waals surface area contributed by atoms with Gasteiger partial charge in [-0.3, -0.25) is 4.79 Å². The Morgan fingerprint density at radius 1 is 1.00 bits per heavy atom. The van der Waals surface area contributed by atoms with Crippen molar-refractivity contribution in [2.24, 2.45) is 0 Å². The Morgan fingerprint density at radius 3 is 2.23 bits per heavy atom. The average Bonchev–Trinajstić information content (AvgIpc) is 2.69. The molecule has 8 nitrogen and oxygen atoms in total. The fraction of sp³-hybridized carbons (Fsp3) is 0.364. The van der Waals surface area contributed by atoms with Gasteiger partial charge in [-0.1, -0.05) is 42.5 Å². The molecule has 0 saturated heterocycles. The van der Waals surface area contributed by atoms with E-state index in [0.29, 0.717) is 5.56 Å². The Kier molecular flexibility index (Phi) is 8.87. The second kappa shape index (κ2) is 11.4. The van der Waals surface area contributed by atoms with Gasteiger partial charge in [-0.25, -0.2) is 4.79 Å². The molecule has 2 rings (SSSR count). The monoisotopic (exact) mass is 449 g/mol. The highest BCUT2D eigenvalue weighted by Crippen LogP contribution is 2.23. The lowest BCUT2D eigenvalue weighted by molar-refractivity contribution is -0.147. The fourth-order valence-electron chi connectivity index (χ4n) is 2.77. The molecule has 1 atom stereocenters. The largest absolute Gasteiger partial charge is 0.463 e. The molecule has 9 heteroatoms. The lowest BCUT2D eigenvalue weighted by Gasteiger charge is -2.19. The van der Waals surface area contributed by atoms with Crippen molar-refractivity contribution in [1.82, 2.24) is 5.32 Å². The van der Waals surface area contributed by atoms with Crippen LogP contribution in [0.1, 0.15) is 37.3 Å². The molecule has 0 spiro atoms. The van der Waals surface area contributed by atoms with Crippen LogP contribution in [0.5, 0.6) is 5.75 Å². The lowest BCUT2D eigenvalue weighted by atomic mass is 9.95. The van der Waals surface area contributed by atoms with Gasteiger partial charge >= 0.3 is 22.2 Å². The van der Waals surface area contributed by atoms with E-state index in [0.717, 1.165) is 11.8 Å². The molecule has 0 fully saturated rings. The molecular formula is C22H27NO7S. The standard InChI is InChI=1S/C22H27NO7S/c1-16(2)29-21(24)13-19(18-9-11-20(12-10-18)30-31(3,26)27)14-23-22(25)28-15-17-7-5-4-6-8-17/h4-12,16,19H,13-15H2,1-3H3,(H,23,25). The molecule has 0 saturated carbocycles. The lowest BCUT2D eigenvalue weighted by Crippen LogP contribution is -2.30. The molecule has 0 radical (unpaired) electrons. The first-order chi connectivity index (χ1) is 14.6. The van der Waals surface area contributed by atoms with Crippen LogP contribution in [0.4, 0.5) is 4.79 Å². The number of amides is 1. The smallest absolute Gasteiger partial charge is 0.407 e. The second-order valence-corrected chi connectivity index (χ2v) is 8.81. The molecule has 0 heterocycles. The van der Waals surface area contributed by atoms with Gasteiger partial charge in [0.2, 0.25) is 0 Å². The Bertz CT molecular complexity index is 957. The molecule has 1 N–H and O–H groups in total. The fourth-order valence-corrected chi connectivity index (χ4v) is 3.23. The van der Waals surface area contributed by atoms with Crippen molar-refractivity contribution < 1.29 is 31.7 Å². The van der Waals surface area contributed by atoms with Crippen molar-refractivity contribution in [3.8, 4) is 5.75 Å². The molecule has 0 aromatic heterocycles. The van der Waals surface area contributed by atoms with Gasteiger partial charge in [0.05, 0.1) is 18.8 Å². The number of esters is 1. The van der Waals surface area contributed by atoms with Crippen molar-refractivity contribution in [3.05, 3.63) is 65.7 Å². The van der Waals surface area contributed by atoms with Crippen molar-refractivity contribution >= 4 is 22.2 Å². The zero-order chi connectivity index (χ0) is 22.9. The third kappa shape index (κ3) is 9.52. The summed E-state index contributed by atoms with van der Waals surface area (Å²) in [6, 6.07) is 15.5. The summed E-state index contributed by atoms with van der Waals surface area (Å²) in [5.74, 6) is -0.649. The molecule has 1 amide bonds. The summed E-state index contributed by atoms with van der Waals surface area (Å²) >= 11 is 0. The van der Waals surface area contributed by atoms with Crippen LogP contribution in [0, 0.1) is 0 Å². The summed E-state index contributed by atoms with van der Waals surface area (Å²) in [7, 11) is -3.64. The maximum absolute atomic E-state index is 12.2. The SMILES string of the molecule is CC(C)OC(=O)CC(CNC(=O)OCc1ccccc1)c1ccc(OS(C)(=O)=O)cc1. The predicted octanol–water partition coefficient (Wildman–Crippen LogP) is 3.38. The molecule has 0 aliphatic carbocycles. The maximum Gasteiger partial charge on any atom is 0.407 e. The van der Waals surface area contributed by atoms with Gasteiger partial charge in [0.1, 0.15) is 12.4 Å². The van der Waals surface area contributed by atoms with E-state index in [-0.39, 0.29) is 31.4 Å². The van der Waals surface area contributed by atoms with Crippen LogP contribution < -0.4 is 9.50 Å². The molecule has 0 aliphatic heterocycles. The van der Waals surface area contributed by atoms with Crippen molar-refractivity contribution in [3.63, 3.8) is 0 Å². The van der Waals surface area contributed by atoms with E-state index in [1.54, 1.807) is 26.0 Å². The number of hydrogen-bond acceptors (Lipinski definition) is 7. The van der Waals surface area contributed by atoms with Crippen molar-refractivity contribution in [2.45, 2.75) is 38.9 Å². The van der Waals surface area contributed by atoms with Crippen LogP contribution in [-0.2, 0) is 31.0 Å². The van der Waals surface area contributed by atoms with Crippen LogP contribution in [0.25, 0.3) is 0 Å². The summed E-state index contributed by atoms with van der Waals surface area (Å²) in [6.45, 7) is 3.77. The van der Waals surface area contributed by atoms with E-state index in [2.05, 4.69) is 5.32 Å². The minimum absolute atomic E-state index is 0.0312. The number of nitrogens with one attached hydrogen (secondary N) is 1. The van der Waals surface area contributed by atoms with Crippen LogP contribution in [-0.4, -0.2) is 39.4 Å². The van der Waals surface area contributed by atoms with Gasteiger partial charge in [0, 0.05) is 12.5 Å². The molecular weight excluding hydrogens is 422 g/mol. The second-order valence-electron chi connectivity index (χ2n) is 7.24. The minimum atomic E-state index is -3.64. The first-order valence-electron chi connectivity index (χ1n) is 9.76. The molecule has 1 unspecified atom stereocenters. The highest BCUT2D eigenvalue weighted by molar-refractivity contribution is 7.86. The molecule has 2 aromatic carbocycles. The van der Waals surface area contributed by atoms with Crippen LogP contribution in [0.3, 0.4) is 0 Å². The summed E-state index contributed by atoms with van der Waals surface area (Å²) < 4.78 is 37.8. The van der Waals surface area contributed by atoms with Crippen LogP contribution in [0.2, 0.25) is 0 Å². The van der Waals surface area contributed by atoms with Gasteiger partial charge in [-0.05, 0) is 37.1 Å². The maximum atomic E-state index is 12.2. The van der Waals surface area contributed by atoms with Crippen LogP contribution in [0.15, 0.2) is 54.6 Å². The quantitative estimate of drug-likeness (QED) is 0.438. The summed E-state index contributed by atoms with van der Waals surface area (Å²) in [6.07, 6.45) is 0.116. The summed E-state index contributed by atoms with van der Waals surface area (Å²) in [5.41, 5.74) is 1.57. The van der Waals surface area contributed by atoms with Gasteiger partial charge in [-0.2, -0.15) is 8.42 Å². The molecule has 0 bridgehead atoms. The Labute approximate surface area is 182 Å². The van der Waals surface area contributed by atoms with Gasteiger partial charge in [-0.15, -0.1) is 0 Å². The Morgan fingerprint density at radius 2 is 1.65 bits per heavy atom. The molecule has 31 heavy (non-hydrogen) atoms.